The molecule has 0 aliphatic carbocycles. The van der Waals surface area contributed by atoms with Crippen LogP contribution in [-0.4, -0.2) is 7.05 Å². The van der Waals surface area contributed by atoms with Gasteiger partial charge in [0.25, 0.3) is 0 Å². The first-order valence-corrected chi connectivity index (χ1v) is 7.05. The van der Waals surface area contributed by atoms with Crippen LogP contribution < -0.4 is 5.32 Å². The summed E-state index contributed by atoms with van der Waals surface area (Å²) < 4.78 is 6.39. The Morgan fingerprint density at radius 2 is 1.89 bits per heavy atom. The van der Waals surface area contributed by atoms with Gasteiger partial charge in [0.2, 0.25) is 0 Å². The average molecular weight is 308 g/mol. The normalized spacial score (nSPS) is 12.6. The highest BCUT2D eigenvalue weighted by molar-refractivity contribution is 9.10. The van der Waals surface area contributed by atoms with E-state index in [0.717, 1.165) is 16.9 Å². The van der Waals surface area contributed by atoms with Crippen LogP contribution in [0.25, 0.3) is 0 Å². The summed E-state index contributed by atoms with van der Waals surface area (Å²) in [5, 5.41) is 3.28. The Kier molecular flexibility index (Phi) is 4.61. The van der Waals surface area contributed by atoms with Gasteiger partial charge in [-0.2, -0.15) is 0 Å². The molecule has 0 spiro atoms. The average Bonchev–Trinajstić information content (AvgIpc) is 2.79. The molecule has 0 aliphatic heterocycles. The highest BCUT2D eigenvalue weighted by atomic mass is 79.9. The van der Waals surface area contributed by atoms with Crippen molar-refractivity contribution in [2.75, 3.05) is 7.05 Å². The first kappa shape index (κ1) is 13.4. The predicted octanol–water partition coefficient (Wildman–Crippen LogP) is 4.30. The smallest absolute Gasteiger partial charge is 0.169 e. The van der Waals surface area contributed by atoms with E-state index in [-0.39, 0.29) is 6.04 Å². The van der Waals surface area contributed by atoms with E-state index < -0.39 is 0 Å². The molecule has 0 aliphatic rings. The zero-order chi connectivity index (χ0) is 13.0. The van der Waals surface area contributed by atoms with Crippen LogP contribution in [0.5, 0.6) is 0 Å². The maximum absolute atomic E-state index is 5.62. The SMILES string of the molecule is CCCc1ccc(C(NC)c2ccc(Br)o2)cc1. The van der Waals surface area contributed by atoms with E-state index in [1.165, 1.54) is 17.5 Å². The molecule has 18 heavy (non-hydrogen) atoms. The molecule has 1 atom stereocenters. The van der Waals surface area contributed by atoms with Gasteiger partial charge < -0.3 is 9.73 Å². The molecule has 0 saturated carbocycles. The highest BCUT2D eigenvalue weighted by Gasteiger charge is 2.15. The minimum atomic E-state index is 0.104. The van der Waals surface area contributed by atoms with Crippen molar-refractivity contribution < 1.29 is 4.42 Å². The van der Waals surface area contributed by atoms with E-state index in [0.29, 0.717) is 0 Å². The van der Waals surface area contributed by atoms with Gasteiger partial charge in [0, 0.05) is 0 Å². The van der Waals surface area contributed by atoms with Crippen LogP contribution in [0, 0.1) is 0 Å². The van der Waals surface area contributed by atoms with Crippen LogP contribution in [0.2, 0.25) is 0 Å². The molecule has 0 fully saturated rings. The molecule has 1 aromatic carbocycles. The van der Waals surface area contributed by atoms with Gasteiger partial charge in [0.05, 0.1) is 6.04 Å². The summed E-state index contributed by atoms with van der Waals surface area (Å²) in [5.74, 6) is 0.924. The van der Waals surface area contributed by atoms with Gasteiger partial charge in [0.1, 0.15) is 5.76 Å². The first-order valence-electron chi connectivity index (χ1n) is 6.26. The van der Waals surface area contributed by atoms with Crippen molar-refractivity contribution in [3.05, 3.63) is 58.0 Å². The minimum absolute atomic E-state index is 0.104. The Morgan fingerprint density at radius 3 is 2.39 bits per heavy atom. The zero-order valence-corrected chi connectivity index (χ0v) is 12.3. The maximum Gasteiger partial charge on any atom is 0.169 e. The molecule has 0 radical (unpaired) electrons. The van der Waals surface area contributed by atoms with E-state index >= 15 is 0 Å². The van der Waals surface area contributed by atoms with Crippen LogP contribution in [0.4, 0.5) is 0 Å². The molecule has 0 bridgehead atoms. The quantitative estimate of drug-likeness (QED) is 0.890. The third-order valence-electron chi connectivity index (χ3n) is 3.02. The van der Waals surface area contributed by atoms with Crippen molar-refractivity contribution in [2.24, 2.45) is 0 Å². The van der Waals surface area contributed by atoms with Gasteiger partial charge in [-0.25, -0.2) is 0 Å². The summed E-state index contributed by atoms with van der Waals surface area (Å²) >= 11 is 3.34. The lowest BCUT2D eigenvalue weighted by Crippen LogP contribution is -2.16. The molecule has 0 saturated heterocycles. The van der Waals surface area contributed by atoms with Crippen LogP contribution in [-0.2, 0) is 6.42 Å². The molecule has 2 nitrogen and oxygen atoms in total. The molecule has 0 amide bonds. The van der Waals surface area contributed by atoms with Crippen LogP contribution in [0.15, 0.2) is 45.5 Å². The van der Waals surface area contributed by atoms with Gasteiger partial charge in [-0.1, -0.05) is 37.6 Å². The highest BCUT2D eigenvalue weighted by Crippen LogP contribution is 2.26. The second-order valence-electron chi connectivity index (χ2n) is 4.36. The fourth-order valence-corrected chi connectivity index (χ4v) is 2.44. The van der Waals surface area contributed by atoms with E-state index in [4.69, 9.17) is 4.42 Å². The first-order chi connectivity index (χ1) is 8.74. The van der Waals surface area contributed by atoms with Crippen molar-refractivity contribution in [2.45, 2.75) is 25.8 Å². The Morgan fingerprint density at radius 1 is 1.17 bits per heavy atom. The molecule has 1 unspecified atom stereocenters. The Labute approximate surface area is 117 Å². The standard InChI is InChI=1S/C15H18BrNO/c1-3-4-11-5-7-12(8-6-11)15(17-2)13-9-10-14(16)18-13/h5-10,15,17H,3-4H2,1-2H3. The van der Waals surface area contributed by atoms with E-state index in [9.17, 15) is 0 Å². The number of nitrogens with one attached hydrogen (secondary N) is 1. The number of rotatable bonds is 5. The molecule has 1 N–H and O–H groups in total. The van der Waals surface area contributed by atoms with Crippen molar-refractivity contribution in [1.82, 2.24) is 5.32 Å². The topological polar surface area (TPSA) is 25.2 Å². The lowest BCUT2D eigenvalue weighted by atomic mass is 10.0. The predicted molar refractivity (Wildman–Crippen MR) is 77.7 cm³/mol. The second kappa shape index (κ2) is 6.21. The molecule has 96 valence electrons. The van der Waals surface area contributed by atoms with Gasteiger partial charge in [0.15, 0.2) is 4.67 Å². The van der Waals surface area contributed by atoms with Crippen LogP contribution in [0.3, 0.4) is 0 Å². The minimum Gasteiger partial charge on any atom is -0.452 e. The number of halogens is 1. The molecule has 1 heterocycles. The second-order valence-corrected chi connectivity index (χ2v) is 5.14. The van der Waals surface area contributed by atoms with Gasteiger partial charge in [-0.05, 0) is 52.7 Å². The number of benzene rings is 1. The van der Waals surface area contributed by atoms with E-state index in [2.05, 4.69) is 52.4 Å². The number of hydrogen-bond donors (Lipinski definition) is 1. The molecule has 3 heteroatoms. The summed E-state index contributed by atoms with van der Waals surface area (Å²) in [4.78, 5) is 0. The number of aryl methyl sites for hydroxylation is 1. The Balaban J connectivity index is 2.22. The molecular formula is C15H18BrNO. The van der Waals surface area contributed by atoms with Gasteiger partial charge in [-0.15, -0.1) is 0 Å². The number of hydrogen-bond acceptors (Lipinski definition) is 2. The maximum atomic E-state index is 5.62. The Hall–Kier alpha value is -1.06. The zero-order valence-electron chi connectivity index (χ0n) is 10.7. The third-order valence-corrected chi connectivity index (χ3v) is 3.45. The molecule has 1 aromatic heterocycles. The Bertz CT molecular complexity index is 489. The van der Waals surface area contributed by atoms with Crippen molar-refractivity contribution in [3.63, 3.8) is 0 Å². The van der Waals surface area contributed by atoms with Crippen molar-refractivity contribution in [3.8, 4) is 0 Å². The summed E-state index contributed by atoms with van der Waals surface area (Å²) in [5.41, 5.74) is 2.61. The summed E-state index contributed by atoms with van der Waals surface area (Å²) in [7, 11) is 1.95. The fraction of sp³-hybridized carbons (Fsp3) is 0.333. The lowest BCUT2D eigenvalue weighted by molar-refractivity contribution is 0.447. The van der Waals surface area contributed by atoms with Crippen molar-refractivity contribution >= 4 is 15.9 Å². The molecule has 2 aromatic rings. The molecule has 2 rings (SSSR count). The summed E-state index contributed by atoms with van der Waals surface area (Å²) in [6.45, 7) is 2.20. The summed E-state index contributed by atoms with van der Waals surface area (Å²) in [6, 6.07) is 12.7. The van der Waals surface area contributed by atoms with Crippen LogP contribution >= 0.6 is 15.9 Å². The molecular weight excluding hydrogens is 290 g/mol. The van der Waals surface area contributed by atoms with E-state index in [1.54, 1.807) is 0 Å². The van der Waals surface area contributed by atoms with Crippen LogP contribution in [0.1, 0.15) is 36.3 Å². The van der Waals surface area contributed by atoms with Crippen molar-refractivity contribution in [1.29, 1.82) is 0 Å². The fourth-order valence-electron chi connectivity index (χ4n) is 2.12. The van der Waals surface area contributed by atoms with Gasteiger partial charge in [-0.3, -0.25) is 0 Å². The third kappa shape index (κ3) is 3.03. The van der Waals surface area contributed by atoms with Gasteiger partial charge >= 0.3 is 0 Å². The largest absolute Gasteiger partial charge is 0.452 e. The lowest BCUT2D eigenvalue weighted by Gasteiger charge is -2.14. The monoisotopic (exact) mass is 307 g/mol. The van der Waals surface area contributed by atoms with E-state index in [1.807, 2.05) is 19.2 Å². The summed E-state index contributed by atoms with van der Waals surface area (Å²) in [6.07, 6.45) is 2.32. The number of furan rings is 1.